The van der Waals surface area contributed by atoms with Gasteiger partial charge in [0.15, 0.2) is 0 Å². The molecule has 2 heterocycles. The molecule has 2 aromatic rings. The van der Waals surface area contributed by atoms with Gasteiger partial charge in [0.25, 0.3) is 0 Å². The van der Waals surface area contributed by atoms with E-state index in [-0.39, 0.29) is 5.41 Å². The number of likely N-dealkylation sites (N-methyl/N-ethyl adjacent to an activating group) is 1. The summed E-state index contributed by atoms with van der Waals surface area (Å²) in [6.07, 6.45) is 5.20. The molecule has 154 valence electrons. The van der Waals surface area contributed by atoms with E-state index in [9.17, 15) is 4.79 Å². The second-order valence-electron chi connectivity index (χ2n) is 8.26. The Labute approximate surface area is 171 Å². The number of likely N-dealkylation sites (tertiary alicyclic amines) is 1. The molecule has 1 fully saturated rings. The van der Waals surface area contributed by atoms with Gasteiger partial charge in [0.2, 0.25) is 0 Å². The zero-order valence-electron chi connectivity index (χ0n) is 17.5. The van der Waals surface area contributed by atoms with E-state index in [2.05, 4.69) is 42.1 Å². The Morgan fingerprint density at radius 1 is 1.24 bits per heavy atom. The number of piperidine rings is 1. The summed E-state index contributed by atoms with van der Waals surface area (Å²) >= 11 is 0. The van der Waals surface area contributed by atoms with Gasteiger partial charge in [-0.25, -0.2) is 4.79 Å². The molecule has 0 amide bonds. The number of esters is 1. The standard InChI is InChI=1S/C23H28N2O4/c1-23-7-8-25(2)21(10-15-5-6-17(27-3)11-19(15)23)20(23)14-29-18-9-16(12-24-13-18)22(26)28-4/h5-6,9,11-13,20-21H,7-8,10,14H2,1-4H3/t20-,21?,23+/m0/s1. The number of methoxy groups -OCH3 is 2. The Hall–Kier alpha value is -2.60. The Kier molecular flexibility index (Phi) is 5.21. The van der Waals surface area contributed by atoms with Crippen LogP contribution in [0.4, 0.5) is 0 Å². The third-order valence-electron chi connectivity index (χ3n) is 6.76. The van der Waals surface area contributed by atoms with Crippen molar-refractivity contribution < 1.29 is 19.0 Å². The van der Waals surface area contributed by atoms with Crippen LogP contribution in [0.2, 0.25) is 0 Å². The van der Waals surface area contributed by atoms with E-state index in [0.29, 0.717) is 29.9 Å². The maximum atomic E-state index is 11.8. The summed E-state index contributed by atoms with van der Waals surface area (Å²) in [6.45, 7) is 3.98. The highest BCUT2D eigenvalue weighted by Gasteiger charge is 2.50. The molecular formula is C23H28N2O4. The topological polar surface area (TPSA) is 60.9 Å². The van der Waals surface area contributed by atoms with Gasteiger partial charge in [0.05, 0.1) is 32.6 Å². The summed E-state index contributed by atoms with van der Waals surface area (Å²) in [4.78, 5) is 18.4. The zero-order valence-corrected chi connectivity index (χ0v) is 17.5. The molecule has 0 spiro atoms. The van der Waals surface area contributed by atoms with E-state index in [1.54, 1.807) is 19.4 Å². The number of hydrogen-bond donors (Lipinski definition) is 0. The first-order chi connectivity index (χ1) is 14.0. The average Bonchev–Trinajstić information content (AvgIpc) is 2.75. The number of aromatic nitrogens is 1. The summed E-state index contributed by atoms with van der Waals surface area (Å²) in [6, 6.07) is 8.56. The van der Waals surface area contributed by atoms with Crippen LogP contribution in [0.3, 0.4) is 0 Å². The first-order valence-corrected chi connectivity index (χ1v) is 10.00. The van der Waals surface area contributed by atoms with Crippen LogP contribution >= 0.6 is 0 Å². The summed E-state index contributed by atoms with van der Waals surface area (Å²) in [5, 5.41) is 0. The number of hydrogen-bond acceptors (Lipinski definition) is 6. The minimum absolute atomic E-state index is 0.00663. The van der Waals surface area contributed by atoms with Crippen LogP contribution in [0.15, 0.2) is 36.7 Å². The van der Waals surface area contributed by atoms with Crippen molar-refractivity contribution in [3.63, 3.8) is 0 Å². The average molecular weight is 396 g/mol. The van der Waals surface area contributed by atoms with E-state index >= 15 is 0 Å². The summed E-state index contributed by atoms with van der Waals surface area (Å²) in [5.74, 6) is 1.40. The van der Waals surface area contributed by atoms with Gasteiger partial charge in [-0.1, -0.05) is 13.0 Å². The minimum atomic E-state index is -0.412. The van der Waals surface area contributed by atoms with Crippen LogP contribution in [0.5, 0.6) is 11.5 Å². The van der Waals surface area contributed by atoms with E-state index < -0.39 is 5.97 Å². The molecule has 29 heavy (non-hydrogen) atoms. The van der Waals surface area contributed by atoms with Crippen molar-refractivity contribution in [3.05, 3.63) is 53.3 Å². The highest BCUT2D eigenvalue weighted by atomic mass is 16.5. The van der Waals surface area contributed by atoms with Crippen molar-refractivity contribution in [2.24, 2.45) is 5.92 Å². The summed E-state index contributed by atoms with van der Waals surface area (Å²) in [7, 11) is 5.28. The molecule has 1 saturated heterocycles. The number of ether oxygens (including phenoxy) is 3. The van der Waals surface area contributed by atoms with Crippen LogP contribution in [-0.4, -0.2) is 56.3 Å². The Bertz CT molecular complexity index is 916. The van der Waals surface area contributed by atoms with Crippen LogP contribution in [0.25, 0.3) is 0 Å². The van der Waals surface area contributed by atoms with E-state index in [0.717, 1.165) is 25.1 Å². The molecule has 1 unspecified atom stereocenters. The van der Waals surface area contributed by atoms with Gasteiger partial charge in [0.1, 0.15) is 11.5 Å². The van der Waals surface area contributed by atoms with Crippen molar-refractivity contribution >= 4 is 5.97 Å². The smallest absolute Gasteiger partial charge is 0.339 e. The van der Waals surface area contributed by atoms with Gasteiger partial charge >= 0.3 is 5.97 Å². The SMILES string of the molecule is COC(=O)c1cncc(OC[C@H]2C3Cc4ccc(OC)cc4[C@@]2(C)CCN3C)c1. The Morgan fingerprint density at radius 2 is 2.07 bits per heavy atom. The molecule has 3 atom stereocenters. The maximum Gasteiger partial charge on any atom is 0.339 e. The third kappa shape index (κ3) is 3.46. The number of carbonyl (C=O) groups is 1. The lowest BCUT2D eigenvalue weighted by Gasteiger charge is -2.54. The van der Waals surface area contributed by atoms with Gasteiger partial charge in [-0.3, -0.25) is 4.98 Å². The molecule has 0 radical (unpaired) electrons. The Morgan fingerprint density at radius 3 is 2.83 bits per heavy atom. The first kappa shape index (κ1) is 19.7. The first-order valence-electron chi connectivity index (χ1n) is 10.00. The molecule has 1 aromatic heterocycles. The van der Waals surface area contributed by atoms with Crippen molar-refractivity contribution in [2.75, 3.05) is 34.4 Å². The van der Waals surface area contributed by atoms with Crippen LogP contribution in [0.1, 0.15) is 34.8 Å². The zero-order chi connectivity index (χ0) is 20.6. The molecule has 2 aliphatic rings. The van der Waals surface area contributed by atoms with Gasteiger partial charge in [0, 0.05) is 23.6 Å². The molecule has 1 aliphatic carbocycles. The second-order valence-corrected chi connectivity index (χ2v) is 8.26. The van der Waals surface area contributed by atoms with Gasteiger partial charge < -0.3 is 19.1 Å². The molecular weight excluding hydrogens is 368 g/mol. The molecule has 0 saturated carbocycles. The van der Waals surface area contributed by atoms with Crippen molar-refractivity contribution in [2.45, 2.75) is 31.2 Å². The fourth-order valence-electron chi connectivity index (χ4n) is 4.95. The van der Waals surface area contributed by atoms with Gasteiger partial charge in [-0.2, -0.15) is 0 Å². The monoisotopic (exact) mass is 396 g/mol. The normalized spacial score (nSPS) is 25.8. The lowest BCUT2D eigenvalue weighted by atomic mass is 9.58. The maximum absolute atomic E-state index is 11.8. The number of pyridine rings is 1. The lowest BCUT2D eigenvalue weighted by molar-refractivity contribution is 0.0117. The summed E-state index contributed by atoms with van der Waals surface area (Å²) in [5.41, 5.74) is 3.17. The number of benzene rings is 1. The summed E-state index contributed by atoms with van der Waals surface area (Å²) < 4.78 is 16.5. The fraction of sp³-hybridized carbons (Fsp3) is 0.478. The van der Waals surface area contributed by atoms with Gasteiger partial charge in [-0.05, 0) is 55.8 Å². The van der Waals surface area contributed by atoms with E-state index in [4.69, 9.17) is 14.2 Å². The molecule has 6 nitrogen and oxygen atoms in total. The van der Waals surface area contributed by atoms with E-state index in [1.165, 1.54) is 24.4 Å². The highest BCUT2D eigenvalue weighted by Crippen LogP contribution is 2.49. The molecule has 0 N–H and O–H groups in total. The minimum Gasteiger partial charge on any atom is -0.497 e. The molecule has 1 aromatic carbocycles. The molecule has 1 aliphatic heterocycles. The molecule has 2 bridgehead atoms. The largest absolute Gasteiger partial charge is 0.497 e. The van der Waals surface area contributed by atoms with E-state index in [1.807, 2.05) is 0 Å². The van der Waals surface area contributed by atoms with Gasteiger partial charge in [-0.15, -0.1) is 0 Å². The van der Waals surface area contributed by atoms with Crippen LogP contribution < -0.4 is 9.47 Å². The quantitative estimate of drug-likeness (QED) is 0.724. The van der Waals surface area contributed by atoms with Crippen LogP contribution in [0, 0.1) is 5.92 Å². The molecule has 6 heteroatoms. The number of fused-ring (bicyclic) bond motifs is 4. The third-order valence-corrected chi connectivity index (χ3v) is 6.76. The fourth-order valence-corrected chi connectivity index (χ4v) is 4.95. The van der Waals surface area contributed by atoms with Crippen molar-refractivity contribution in [1.82, 2.24) is 9.88 Å². The number of rotatable bonds is 5. The molecule has 4 rings (SSSR count). The second kappa shape index (κ2) is 7.67. The van der Waals surface area contributed by atoms with Crippen molar-refractivity contribution in [3.8, 4) is 11.5 Å². The number of nitrogens with zero attached hydrogens (tertiary/aromatic N) is 2. The highest BCUT2D eigenvalue weighted by molar-refractivity contribution is 5.89. The Balaban J connectivity index is 1.62. The predicted octanol–water partition coefficient (Wildman–Crippen LogP) is 3.09. The number of carbonyl (C=O) groups excluding carboxylic acids is 1. The van der Waals surface area contributed by atoms with Crippen molar-refractivity contribution in [1.29, 1.82) is 0 Å². The lowest BCUT2D eigenvalue weighted by Crippen LogP contribution is -2.59. The predicted molar refractivity (Wildman–Crippen MR) is 110 cm³/mol. The van der Waals surface area contributed by atoms with Crippen LogP contribution in [-0.2, 0) is 16.6 Å².